The van der Waals surface area contributed by atoms with E-state index in [-0.39, 0.29) is 19.1 Å². The van der Waals surface area contributed by atoms with Gasteiger partial charge in [0.1, 0.15) is 12.6 Å². The smallest absolute Gasteiger partial charge is 0.407 e. The summed E-state index contributed by atoms with van der Waals surface area (Å²) >= 11 is 0. The molecule has 0 saturated carbocycles. The minimum absolute atomic E-state index is 0.0285. The van der Waals surface area contributed by atoms with Gasteiger partial charge in [0.05, 0.1) is 12.5 Å². The molecule has 5 rings (SSSR count). The van der Waals surface area contributed by atoms with E-state index in [2.05, 4.69) is 5.32 Å². The molecular formula is C37H40N2O7. The van der Waals surface area contributed by atoms with Crippen molar-refractivity contribution in [3.05, 3.63) is 108 Å². The Morgan fingerprint density at radius 1 is 0.826 bits per heavy atom. The van der Waals surface area contributed by atoms with Gasteiger partial charge >= 0.3 is 12.1 Å². The summed E-state index contributed by atoms with van der Waals surface area (Å²) in [7, 11) is 0. The number of hydrogen-bond acceptors (Lipinski definition) is 6. The average molecular weight is 625 g/mol. The van der Waals surface area contributed by atoms with Crippen molar-refractivity contribution in [2.24, 2.45) is 0 Å². The summed E-state index contributed by atoms with van der Waals surface area (Å²) in [6.07, 6.45) is -2.27. The van der Waals surface area contributed by atoms with E-state index in [1.165, 1.54) is 4.90 Å². The Bertz CT molecular complexity index is 1630. The molecule has 0 fully saturated rings. The highest BCUT2D eigenvalue weighted by Gasteiger charge is 2.36. The second kappa shape index (κ2) is 15.0. The first-order chi connectivity index (χ1) is 22.3. The van der Waals surface area contributed by atoms with Gasteiger partial charge in [0.2, 0.25) is 5.91 Å². The SMILES string of the molecule is CCOC(OCC)[C@H](C)N(Cc1cccc2ccccc12)C(=O)C(CC(=O)O)NC(=O)OCC1c2ccccc2-c2ccccc21. The molecule has 9 nitrogen and oxygen atoms in total. The van der Waals surface area contributed by atoms with Crippen LogP contribution in [0, 0.1) is 0 Å². The summed E-state index contributed by atoms with van der Waals surface area (Å²) in [5.74, 6) is -2.00. The predicted octanol–water partition coefficient (Wildman–Crippen LogP) is 6.34. The average Bonchev–Trinajstić information content (AvgIpc) is 3.38. The Morgan fingerprint density at radius 2 is 1.41 bits per heavy atom. The molecule has 240 valence electrons. The Labute approximate surface area is 269 Å². The molecule has 2 amide bonds. The van der Waals surface area contributed by atoms with Crippen molar-refractivity contribution in [3.8, 4) is 11.1 Å². The number of nitrogens with zero attached hydrogens (tertiary/aromatic N) is 1. The number of aliphatic carboxylic acids is 1. The number of carbonyl (C=O) groups excluding carboxylic acids is 2. The molecule has 2 atom stereocenters. The molecule has 0 radical (unpaired) electrons. The van der Waals surface area contributed by atoms with Gasteiger partial charge < -0.3 is 29.5 Å². The van der Waals surface area contributed by atoms with Crippen molar-refractivity contribution < 1.29 is 33.7 Å². The second-order valence-electron chi connectivity index (χ2n) is 11.2. The number of fused-ring (bicyclic) bond motifs is 4. The van der Waals surface area contributed by atoms with Crippen LogP contribution in [-0.2, 0) is 30.3 Å². The van der Waals surface area contributed by atoms with Crippen molar-refractivity contribution in [2.75, 3.05) is 19.8 Å². The van der Waals surface area contributed by atoms with Gasteiger partial charge in [0.15, 0.2) is 6.29 Å². The molecule has 1 aliphatic rings. The zero-order valence-electron chi connectivity index (χ0n) is 26.3. The van der Waals surface area contributed by atoms with Gasteiger partial charge in [0.25, 0.3) is 0 Å². The van der Waals surface area contributed by atoms with Crippen molar-refractivity contribution in [3.63, 3.8) is 0 Å². The molecule has 0 aromatic heterocycles. The summed E-state index contributed by atoms with van der Waals surface area (Å²) in [5, 5.41) is 14.3. The number of carboxylic acids is 1. The summed E-state index contributed by atoms with van der Waals surface area (Å²) < 4.78 is 17.4. The quantitative estimate of drug-likeness (QED) is 0.157. The lowest BCUT2D eigenvalue weighted by Crippen LogP contribution is -2.55. The fraction of sp³-hybridized carbons (Fsp3) is 0.324. The number of benzene rings is 4. The van der Waals surface area contributed by atoms with E-state index in [9.17, 15) is 19.5 Å². The van der Waals surface area contributed by atoms with E-state index in [4.69, 9.17) is 14.2 Å². The summed E-state index contributed by atoms with van der Waals surface area (Å²) in [6, 6.07) is 27.6. The van der Waals surface area contributed by atoms with E-state index in [0.29, 0.717) is 13.2 Å². The minimum Gasteiger partial charge on any atom is -0.481 e. The first-order valence-electron chi connectivity index (χ1n) is 15.7. The van der Waals surface area contributed by atoms with Gasteiger partial charge in [-0.15, -0.1) is 0 Å². The topological polar surface area (TPSA) is 114 Å². The minimum atomic E-state index is -1.39. The molecule has 0 heterocycles. The number of alkyl carbamates (subject to hydrolysis) is 1. The summed E-state index contributed by atoms with van der Waals surface area (Å²) in [6.45, 7) is 6.33. The first kappa shape index (κ1) is 32.7. The number of carbonyl (C=O) groups is 3. The van der Waals surface area contributed by atoms with Gasteiger partial charge in [-0.3, -0.25) is 9.59 Å². The maximum atomic E-state index is 14.3. The van der Waals surface area contributed by atoms with Crippen LogP contribution in [0.2, 0.25) is 0 Å². The van der Waals surface area contributed by atoms with Crippen LogP contribution in [0.3, 0.4) is 0 Å². The lowest BCUT2D eigenvalue weighted by atomic mass is 9.98. The van der Waals surface area contributed by atoms with Crippen LogP contribution in [0.15, 0.2) is 91.0 Å². The maximum Gasteiger partial charge on any atom is 0.407 e. The third-order valence-corrected chi connectivity index (χ3v) is 8.36. The monoisotopic (exact) mass is 624 g/mol. The van der Waals surface area contributed by atoms with E-state index < -0.39 is 42.8 Å². The van der Waals surface area contributed by atoms with E-state index in [0.717, 1.165) is 38.6 Å². The molecule has 9 heteroatoms. The number of rotatable bonds is 14. The van der Waals surface area contributed by atoms with Crippen molar-refractivity contribution in [1.82, 2.24) is 10.2 Å². The number of carboxylic acid groups (broad SMARTS) is 1. The van der Waals surface area contributed by atoms with Crippen LogP contribution in [0.25, 0.3) is 21.9 Å². The number of ether oxygens (including phenoxy) is 3. The van der Waals surface area contributed by atoms with Gasteiger partial charge in [-0.1, -0.05) is 91.0 Å². The van der Waals surface area contributed by atoms with E-state index in [1.807, 2.05) is 105 Å². The molecule has 0 aliphatic heterocycles. The number of nitrogens with one attached hydrogen (secondary N) is 1. The van der Waals surface area contributed by atoms with E-state index >= 15 is 0 Å². The van der Waals surface area contributed by atoms with Crippen LogP contribution in [0.4, 0.5) is 4.79 Å². The first-order valence-corrected chi connectivity index (χ1v) is 15.7. The third-order valence-electron chi connectivity index (χ3n) is 8.36. The van der Waals surface area contributed by atoms with E-state index in [1.54, 1.807) is 6.92 Å². The Kier molecular flexibility index (Phi) is 10.7. The number of amides is 2. The molecule has 0 spiro atoms. The molecule has 0 saturated heterocycles. The van der Waals surface area contributed by atoms with Crippen LogP contribution >= 0.6 is 0 Å². The van der Waals surface area contributed by atoms with Crippen molar-refractivity contribution in [1.29, 1.82) is 0 Å². The predicted molar refractivity (Wildman–Crippen MR) is 175 cm³/mol. The van der Waals surface area contributed by atoms with Crippen LogP contribution in [0.5, 0.6) is 0 Å². The summed E-state index contributed by atoms with van der Waals surface area (Å²) in [4.78, 5) is 41.0. The van der Waals surface area contributed by atoms with Crippen molar-refractivity contribution in [2.45, 2.75) is 58.0 Å². The summed E-state index contributed by atoms with van der Waals surface area (Å²) in [5.41, 5.74) is 5.12. The standard InChI is InChI=1S/C37H40N2O7/c1-4-44-36(45-5-2)24(3)39(22-26-15-12-14-25-13-6-7-16-27(25)26)35(42)33(21-34(40)41)38-37(43)46-23-32-30-19-10-8-17-28(30)29-18-9-11-20-31(29)32/h6-20,24,32-33,36H,4-5,21-23H2,1-3H3,(H,38,43)(H,40,41)/t24-,33?/m0/s1. The Balaban J connectivity index is 1.39. The number of hydrogen-bond donors (Lipinski definition) is 2. The molecule has 4 aromatic rings. The van der Waals surface area contributed by atoms with Gasteiger partial charge in [-0.25, -0.2) is 4.79 Å². The largest absolute Gasteiger partial charge is 0.481 e. The van der Waals surface area contributed by atoms with Crippen LogP contribution in [0.1, 0.15) is 49.8 Å². The Morgan fingerprint density at radius 3 is 2.04 bits per heavy atom. The highest BCUT2D eigenvalue weighted by atomic mass is 16.7. The van der Waals surface area contributed by atoms with Crippen LogP contribution in [-0.4, -0.2) is 66.2 Å². The van der Waals surface area contributed by atoms with Gasteiger partial charge in [0, 0.05) is 25.7 Å². The fourth-order valence-corrected chi connectivity index (χ4v) is 6.20. The molecule has 2 N–H and O–H groups in total. The molecule has 1 unspecified atom stereocenters. The molecule has 1 aliphatic carbocycles. The second-order valence-corrected chi connectivity index (χ2v) is 11.2. The Hall–Kier alpha value is -4.73. The third kappa shape index (κ3) is 7.22. The molecular weight excluding hydrogens is 584 g/mol. The van der Waals surface area contributed by atoms with Gasteiger partial charge in [-0.05, 0) is 59.4 Å². The lowest BCUT2D eigenvalue weighted by Gasteiger charge is -2.36. The zero-order valence-corrected chi connectivity index (χ0v) is 26.3. The molecule has 4 aromatic carbocycles. The van der Waals surface area contributed by atoms with Crippen molar-refractivity contribution >= 4 is 28.7 Å². The highest BCUT2D eigenvalue weighted by molar-refractivity contribution is 5.91. The molecule has 0 bridgehead atoms. The molecule has 46 heavy (non-hydrogen) atoms. The van der Waals surface area contributed by atoms with Gasteiger partial charge in [-0.2, -0.15) is 0 Å². The zero-order chi connectivity index (χ0) is 32.6. The normalized spacial score (nSPS) is 13.6. The van der Waals surface area contributed by atoms with Crippen LogP contribution < -0.4 is 5.32 Å². The maximum absolute atomic E-state index is 14.3. The fourth-order valence-electron chi connectivity index (χ4n) is 6.20. The highest BCUT2D eigenvalue weighted by Crippen LogP contribution is 2.44. The lowest BCUT2D eigenvalue weighted by molar-refractivity contribution is -0.180.